The van der Waals surface area contributed by atoms with Crippen LogP contribution in [0.5, 0.6) is 0 Å². The topological polar surface area (TPSA) is 57.7 Å². The Morgan fingerprint density at radius 1 is 0.962 bits per heavy atom. The van der Waals surface area contributed by atoms with E-state index >= 15 is 0 Å². The van der Waals surface area contributed by atoms with Crippen LogP contribution in [0.4, 0.5) is 0 Å². The average molecular weight is 379 g/mol. The number of hydrogen-bond donors (Lipinski definition) is 0. The summed E-state index contributed by atoms with van der Waals surface area (Å²) in [7, 11) is -3.54. The maximum absolute atomic E-state index is 13.0. The van der Waals surface area contributed by atoms with Gasteiger partial charge in [-0.1, -0.05) is 19.9 Å². The molecule has 0 aliphatic carbocycles. The summed E-state index contributed by atoms with van der Waals surface area (Å²) in [6.07, 6.45) is 3.80. The third kappa shape index (κ3) is 3.96. The van der Waals surface area contributed by atoms with Crippen molar-refractivity contribution in [3.05, 3.63) is 29.3 Å². The fourth-order valence-electron chi connectivity index (χ4n) is 3.75. The molecule has 0 spiro atoms. The summed E-state index contributed by atoms with van der Waals surface area (Å²) < 4.78 is 27.6. The second-order valence-corrected chi connectivity index (χ2v) is 9.98. The predicted octanol–water partition coefficient (Wildman–Crippen LogP) is 3.29. The Bertz CT molecular complexity index is 759. The molecule has 0 bridgehead atoms. The Labute approximate surface area is 157 Å². The molecule has 2 heterocycles. The number of hydrogen-bond acceptors (Lipinski definition) is 3. The molecule has 2 aliphatic heterocycles. The molecule has 0 N–H and O–H groups in total. The van der Waals surface area contributed by atoms with Gasteiger partial charge in [0, 0.05) is 31.7 Å². The number of likely N-dealkylation sites (tertiary alicyclic amines) is 1. The lowest BCUT2D eigenvalue weighted by Crippen LogP contribution is -2.39. The van der Waals surface area contributed by atoms with Crippen LogP contribution in [0.2, 0.25) is 0 Å². The van der Waals surface area contributed by atoms with Gasteiger partial charge in [0.05, 0.1) is 4.90 Å². The standard InChI is InChI=1S/C20H30N2O3S/c1-15-6-10-21(11-7-15)20(23)19-14-18(5-4-17(19)3)26(24,25)22-12-8-16(2)9-13-22/h4-5,14-16H,6-13H2,1-3H3. The molecular formula is C20H30N2O3S. The minimum absolute atomic E-state index is 0.0429. The molecule has 0 radical (unpaired) electrons. The lowest BCUT2D eigenvalue weighted by atomic mass is 9.98. The molecule has 1 aromatic rings. The van der Waals surface area contributed by atoms with Gasteiger partial charge in [0.2, 0.25) is 10.0 Å². The number of amides is 1. The molecule has 1 aromatic carbocycles. The molecule has 26 heavy (non-hydrogen) atoms. The number of piperidine rings is 2. The number of aryl methyl sites for hydroxylation is 1. The van der Waals surface area contributed by atoms with E-state index in [-0.39, 0.29) is 10.8 Å². The zero-order chi connectivity index (χ0) is 18.9. The van der Waals surface area contributed by atoms with Crippen LogP contribution in [-0.2, 0) is 10.0 Å². The van der Waals surface area contributed by atoms with Crippen LogP contribution in [-0.4, -0.2) is 49.7 Å². The summed E-state index contributed by atoms with van der Waals surface area (Å²) in [6.45, 7) is 8.86. The van der Waals surface area contributed by atoms with Crippen LogP contribution in [0.25, 0.3) is 0 Å². The molecule has 3 rings (SSSR count). The van der Waals surface area contributed by atoms with E-state index in [1.807, 2.05) is 11.8 Å². The second kappa shape index (κ2) is 7.69. The summed E-state index contributed by atoms with van der Waals surface area (Å²) in [5, 5.41) is 0. The van der Waals surface area contributed by atoms with Crippen LogP contribution >= 0.6 is 0 Å². The van der Waals surface area contributed by atoms with E-state index in [1.54, 1.807) is 22.5 Å². The number of carbonyl (C=O) groups excluding carboxylic acids is 1. The molecule has 5 nitrogen and oxygen atoms in total. The summed E-state index contributed by atoms with van der Waals surface area (Å²) in [4.78, 5) is 15.0. The van der Waals surface area contributed by atoms with Gasteiger partial charge in [-0.2, -0.15) is 4.31 Å². The first-order valence-electron chi connectivity index (χ1n) is 9.69. The first-order chi connectivity index (χ1) is 12.3. The van der Waals surface area contributed by atoms with Gasteiger partial charge in [-0.15, -0.1) is 0 Å². The second-order valence-electron chi connectivity index (χ2n) is 8.04. The van der Waals surface area contributed by atoms with Crippen molar-refractivity contribution in [2.45, 2.75) is 51.3 Å². The van der Waals surface area contributed by atoms with Gasteiger partial charge >= 0.3 is 0 Å². The van der Waals surface area contributed by atoms with Crippen LogP contribution in [0.1, 0.15) is 55.5 Å². The number of benzene rings is 1. The van der Waals surface area contributed by atoms with Crippen LogP contribution < -0.4 is 0 Å². The average Bonchev–Trinajstić information content (AvgIpc) is 2.62. The Morgan fingerprint density at radius 3 is 2.08 bits per heavy atom. The highest BCUT2D eigenvalue weighted by molar-refractivity contribution is 7.89. The third-order valence-electron chi connectivity index (χ3n) is 5.89. The van der Waals surface area contributed by atoms with Crippen molar-refractivity contribution in [1.29, 1.82) is 0 Å². The molecule has 6 heteroatoms. The predicted molar refractivity (Wildman–Crippen MR) is 103 cm³/mol. The van der Waals surface area contributed by atoms with Gasteiger partial charge in [-0.3, -0.25) is 4.79 Å². The third-order valence-corrected chi connectivity index (χ3v) is 7.79. The van der Waals surface area contributed by atoms with Crippen molar-refractivity contribution in [3.8, 4) is 0 Å². The maximum atomic E-state index is 13.0. The first kappa shape index (κ1) is 19.4. The monoisotopic (exact) mass is 378 g/mol. The number of rotatable bonds is 3. The minimum Gasteiger partial charge on any atom is -0.339 e. The summed E-state index contributed by atoms with van der Waals surface area (Å²) in [5.74, 6) is 1.17. The Kier molecular flexibility index (Phi) is 5.72. The molecular weight excluding hydrogens is 348 g/mol. The van der Waals surface area contributed by atoms with Crippen molar-refractivity contribution >= 4 is 15.9 Å². The summed E-state index contributed by atoms with van der Waals surface area (Å²) >= 11 is 0. The van der Waals surface area contributed by atoms with E-state index in [4.69, 9.17) is 0 Å². The molecule has 2 fully saturated rings. The van der Waals surface area contributed by atoms with Crippen molar-refractivity contribution in [3.63, 3.8) is 0 Å². The highest BCUT2D eigenvalue weighted by Crippen LogP contribution is 2.26. The number of nitrogens with zero attached hydrogens (tertiary/aromatic N) is 2. The van der Waals surface area contributed by atoms with Gasteiger partial charge in [0.15, 0.2) is 0 Å². The molecule has 144 valence electrons. The minimum atomic E-state index is -3.54. The molecule has 0 atom stereocenters. The number of sulfonamides is 1. The highest BCUT2D eigenvalue weighted by atomic mass is 32.2. The maximum Gasteiger partial charge on any atom is 0.254 e. The van der Waals surface area contributed by atoms with Gasteiger partial charge in [-0.25, -0.2) is 8.42 Å². The Morgan fingerprint density at radius 2 is 1.50 bits per heavy atom. The molecule has 1 amide bonds. The SMILES string of the molecule is Cc1ccc(S(=O)(=O)N2CCC(C)CC2)cc1C(=O)N1CCC(C)CC1. The molecule has 0 unspecified atom stereocenters. The largest absolute Gasteiger partial charge is 0.339 e. The van der Waals surface area contributed by atoms with Gasteiger partial charge in [0.25, 0.3) is 5.91 Å². The van der Waals surface area contributed by atoms with Gasteiger partial charge in [0.1, 0.15) is 0 Å². The number of carbonyl (C=O) groups is 1. The molecule has 0 aromatic heterocycles. The van der Waals surface area contributed by atoms with Crippen LogP contribution in [0.15, 0.2) is 23.1 Å². The van der Waals surface area contributed by atoms with E-state index in [9.17, 15) is 13.2 Å². The zero-order valence-electron chi connectivity index (χ0n) is 16.1. The molecule has 2 aliphatic rings. The fourth-order valence-corrected chi connectivity index (χ4v) is 5.24. The van der Waals surface area contributed by atoms with E-state index in [0.717, 1.165) is 44.3 Å². The van der Waals surface area contributed by atoms with Crippen LogP contribution in [0, 0.1) is 18.8 Å². The molecule has 0 saturated carbocycles. The highest BCUT2D eigenvalue weighted by Gasteiger charge is 2.30. The van der Waals surface area contributed by atoms with Crippen molar-refractivity contribution in [1.82, 2.24) is 9.21 Å². The first-order valence-corrected chi connectivity index (χ1v) is 11.1. The lowest BCUT2D eigenvalue weighted by molar-refractivity contribution is 0.0696. The normalized spacial score (nSPS) is 21.1. The summed E-state index contributed by atoms with van der Waals surface area (Å²) in [6, 6.07) is 4.99. The van der Waals surface area contributed by atoms with E-state index in [0.29, 0.717) is 30.5 Å². The Balaban J connectivity index is 1.84. The van der Waals surface area contributed by atoms with Crippen molar-refractivity contribution < 1.29 is 13.2 Å². The fraction of sp³-hybridized carbons (Fsp3) is 0.650. The van der Waals surface area contributed by atoms with Gasteiger partial charge < -0.3 is 4.90 Å². The lowest BCUT2D eigenvalue weighted by Gasteiger charge is -2.31. The van der Waals surface area contributed by atoms with Crippen molar-refractivity contribution in [2.75, 3.05) is 26.2 Å². The van der Waals surface area contributed by atoms with Crippen molar-refractivity contribution in [2.24, 2.45) is 11.8 Å². The van der Waals surface area contributed by atoms with E-state index in [1.165, 1.54) is 0 Å². The van der Waals surface area contributed by atoms with Gasteiger partial charge in [-0.05, 0) is 62.1 Å². The Hall–Kier alpha value is -1.40. The zero-order valence-corrected chi connectivity index (χ0v) is 16.9. The van der Waals surface area contributed by atoms with E-state index in [2.05, 4.69) is 13.8 Å². The molecule has 2 saturated heterocycles. The van der Waals surface area contributed by atoms with Crippen LogP contribution in [0.3, 0.4) is 0 Å². The smallest absolute Gasteiger partial charge is 0.254 e. The quantitative estimate of drug-likeness (QED) is 0.811. The summed E-state index contributed by atoms with van der Waals surface area (Å²) in [5.41, 5.74) is 1.35. The van der Waals surface area contributed by atoms with E-state index < -0.39 is 10.0 Å².